The van der Waals surface area contributed by atoms with Crippen LogP contribution in [0.2, 0.25) is 0 Å². The van der Waals surface area contributed by atoms with Crippen molar-refractivity contribution in [3.05, 3.63) is 0 Å². The number of carbonyl (C=O) groups excluding carboxylic acids is 12. The molecule has 0 aromatic heterocycles. The number of unbranched alkanes of at least 4 members (excludes halogenated alkanes) is 1. The summed E-state index contributed by atoms with van der Waals surface area (Å²) in [5.41, 5.74) is -0.678. The van der Waals surface area contributed by atoms with E-state index >= 15 is 0 Å². The molecule has 14 unspecified atom stereocenters. The summed E-state index contributed by atoms with van der Waals surface area (Å²) in [6.45, 7) is 5.46. The van der Waals surface area contributed by atoms with Gasteiger partial charge in [-0.15, -0.1) is 0 Å². The van der Waals surface area contributed by atoms with Gasteiger partial charge in [-0.2, -0.15) is 82.3 Å². The molecule has 38 nitrogen and oxygen atoms in total. The van der Waals surface area contributed by atoms with E-state index in [1.807, 2.05) is 0 Å². The molecule has 0 radical (unpaired) electrons. The third-order valence-corrected chi connectivity index (χ3v) is 24.1. The Morgan fingerprint density at radius 1 is 0.305 bits per heavy atom. The maximum Gasteiger partial charge on any atom is 0.407 e. The Labute approximate surface area is 744 Å². The van der Waals surface area contributed by atoms with Crippen molar-refractivity contribution in [3.8, 4) is 0 Å². The molecule has 0 bridgehead atoms. The first-order valence-electron chi connectivity index (χ1n) is 36.0. The number of aliphatic hydroxyl groups is 1. The van der Waals surface area contributed by atoms with Crippen LogP contribution in [0.15, 0.2) is 0 Å². The van der Waals surface area contributed by atoms with E-state index in [1.54, 1.807) is 64.6 Å². The smallest absolute Gasteiger partial charge is 0.407 e. The lowest BCUT2D eigenvalue weighted by Gasteiger charge is -2.22. The quantitative estimate of drug-likeness (QED) is 0.0179. The van der Waals surface area contributed by atoms with E-state index in [9.17, 15) is 92.3 Å². The molecule has 0 aliphatic heterocycles. The number of aliphatic hydroxyl groups excluding tert-OH is 1. The van der Waals surface area contributed by atoms with Crippen LogP contribution in [-0.4, -0.2) is 354 Å². The number of carboxylic acid groups (broad SMARTS) is 3. The minimum absolute atomic E-state index is 0.00134. The highest BCUT2D eigenvalue weighted by Gasteiger charge is 2.35. The van der Waals surface area contributed by atoms with Crippen LogP contribution < -0.4 is 42.5 Å². The van der Waals surface area contributed by atoms with Gasteiger partial charge in [-0.1, -0.05) is 0 Å². The van der Waals surface area contributed by atoms with Crippen molar-refractivity contribution in [1.82, 2.24) is 42.5 Å². The number of thioether (sulfide) groups is 7. The number of carbonyl (C=O) groups is 15. The van der Waals surface area contributed by atoms with Gasteiger partial charge < -0.3 is 112 Å². The van der Waals surface area contributed by atoms with Crippen LogP contribution in [-0.2, 0) is 116 Å². The molecule has 0 saturated carbocycles. The fourth-order valence-corrected chi connectivity index (χ4v) is 17.6. The second kappa shape index (κ2) is 68.5. The number of methoxy groups -OCH3 is 4. The molecule has 0 saturated heterocycles. The predicted octanol–water partition coefficient (Wildman–Crippen LogP) is 3.46. The molecule has 0 rings (SSSR count). The highest BCUT2D eigenvalue weighted by Crippen LogP contribution is 2.23. The highest BCUT2D eigenvalue weighted by atomic mass is 32.2. The summed E-state index contributed by atoms with van der Waals surface area (Å²) in [6.07, 6.45) is 3.35. The van der Waals surface area contributed by atoms with E-state index in [2.05, 4.69) is 42.5 Å². The van der Waals surface area contributed by atoms with Gasteiger partial charge in [-0.05, 0) is 195 Å². The molecule has 0 aliphatic rings. The van der Waals surface area contributed by atoms with Gasteiger partial charge in [0.25, 0.3) is 35.4 Å². The molecule has 0 fully saturated rings. The number of ether oxygens (including phenoxy) is 5. The summed E-state index contributed by atoms with van der Waals surface area (Å²) >= 11 is 13.3. The minimum Gasteiger partial charge on any atom is -0.480 e. The van der Waals surface area contributed by atoms with Gasteiger partial charge in [0.05, 0.1) is 28.4 Å². The van der Waals surface area contributed by atoms with Crippen LogP contribution in [0.1, 0.15) is 78.6 Å². The molecule has 8 amide bonds. The van der Waals surface area contributed by atoms with Gasteiger partial charge in [0.15, 0.2) is 36.6 Å². The van der Waals surface area contributed by atoms with Crippen molar-refractivity contribution in [3.63, 3.8) is 0 Å². The summed E-state index contributed by atoms with van der Waals surface area (Å²) < 4.78 is 59.4. The van der Waals surface area contributed by atoms with E-state index in [4.69, 9.17) is 48.8 Å². The van der Waals surface area contributed by atoms with Crippen LogP contribution in [0.4, 0.5) is 4.79 Å². The van der Waals surface area contributed by atoms with Crippen LogP contribution in [0.5, 0.6) is 0 Å². The summed E-state index contributed by atoms with van der Waals surface area (Å²) in [6, 6.07) is -8.95. The average Bonchev–Trinajstić information content (AvgIpc) is 0.900. The van der Waals surface area contributed by atoms with Gasteiger partial charge in [0.2, 0.25) is 5.91 Å². The Morgan fingerprint density at radius 2 is 0.517 bits per heavy atom. The zero-order chi connectivity index (χ0) is 89.1. The maximum absolute atomic E-state index is 13.7. The van der Waals surface area contributed by atoms with Crippen molar-refractivity contribution in [2.75, 3.05) is 154 Å². The van der Waals surface area contributed by atoms with Crippen molar-refractivity contribution in [1.29, 1.82) is 0 Å². The summed E-state index contributed by atoms with van der Waals surface area (Å²) in [5, 5.41) is 60.6. The van der Waals surface area contributed by atoms with E-state index in [0.717, 1.165) is 93.6 Å². The monoisotopic (exact) mass is 1930 g/mol. The zero-order valence-corrected chi connectivity index (χ0v) is 78.7. The van der Waals surface area contributed by atoms with E-state index < -0.39 is 180 Å². The van der Waals surface area contributed by atoms with Gasteiger partial charge >= 0.3 is 47.9 Å². The summed E-state index contributed by atoms with van der Waals surface area (Å²) in [5.74, 6) is -11.7. The molecule has 118 heavy (non-hydrogen) atoms. The molecule has 51 heteroatoms. The Bertz CT molecular complexity index is 3050. The number of esters is 4. The summed E-state index contributed by atoms with van der Waals surface area (Å²) in [4.78, 5) is 193. The second-order valence-electron chi connectivity index (χ2n) is 25.3. The van der Waals surface area contributed by atoms with Crippen molar-refractivity contribution in [2.24, 2.45) is 0 Å². The van der Waals surface area contributed by atoms with Crippen molar-refractivity contribution in [2.45, 2.75) is 169 Å². The van der Waals surface area contributed by atoms with E-state index in [-0.39, 0.29) is 126 Å². The number of alkyl carbamates (subject to hydrolysis) is 1. The fourth-order valence-electron chi connectivity index (χ4n) is 8.97. The second-order valence-corrected chi connectivity index (χ2v) is 36.7. The zero-order valence-electron chi connectivity index (χ0n) is 68.1. The van der Waals surface area contributed by atoms with Gasteiger partial charge in [-0.3, -0.25) is 33.6 Å². The van der Waals surface area contributed by atoms with Crippen LogP contribution in [0.3, 0.4) is 0 Å². The molecule has 0 aliphatic carbocycles. The molecule has 14 atom stereocenters. The lowest BCUT2D eigenvalue weighted by atomic mass is 10.1. The normalized spacial score (nSPS) is 14.9. The van der Waals surface area contributed by atoms with Crippen molar-refractivity contribution >= 4 is 244 Å². The van der Waals surface area contributed by atoms with E-state index in [0.29, 0.717) is 12.8 Å². The topological polar surface area (TPSA) is 535 Å². The largest absolute Gasteiger partial charge is 0.480 e. The average molecular weight is 1930 g/mol. The van der Waals surface area contributed by atoms with Crippen LogP contribution >= 0.6 is 155 Å². The lowest BCUT2D eigenvalue weighted by Crippen LogP contribution is -2.48. The molecular formula is C67H114N8O30S13. The maximum atomic E-state index is 13.7. The molecule has 0 aromatic rings. The molecule has 0 heterocycles. The first-order valence-corrected chi connectivity index (χ1v) is 51.2. The molecule has 0 aromatic carbocycles. The Balaban J connectivity index is 5.58. The van der Waals surface area contributed by atoms with Gasteiger partial charge in [-0.25, -0.2) is 38.4 Å². The molecule has 680 valence electrons. The number of rotatable bonds is 70. The van der Waals surface area contributed by atoms with Crippen LogP contribution in [0, 0.1) is 0 Å². The number of hydrogen-bond acceptors (Lipinski definition) is 40. The first-order chi connectivity index (χ1) is 56.1. The Kier molecular flexibility index (Phi) is 66.2. The van der Waals surface area contributed by atoms with Gasteiger partial charge in [0, 0.05) is 81.3 Å². The Morgan fingerprint density at radius 3 is 0.729 bits per heavy atom. The fraction of sp³-hybridized carbons (Fsp3) is 0.776. The highest BCUT2D eigenvalue weighted by molar-refractivity contribution is 8.00. The standard InChI is InChI=1S/C67H114N8O30S13/c1-67(2,3)99-66(94)68-24-16-15-17-41(62(90)95-4)73-56(81)49(35-110-12)103-113-25-18-38(59(84)85)70-54(79)47(33-108-10)101-117-29-22-43(64(92)97-6)75-58(83)51(37-112-14)105-115-27-20-40(61(88)89)71-55(80)48(34-109-11)102-118-30-23-44(65(93)98-7)74-57(82)50(36-111-13)104-114-26-19-39(60(86)87)69-53(78)46(32-107-9)100-116-28-21-42(63(91)96-5)72-52(77)45(76)31-106-8/h38-51,76H,15-37H2,1-14H3,(H,68,94)(H,69,78)(H,70,79)(H,71,80)(H,72,77)(H,73,81)(H,74,82)(H,75,83)(H,84,85)(H,86,87)(H,88,89). The number of amides is 8. The SMILES string of the molecule is COC(=O)C(CCSOC(CSC)C(=O)NC(CCSOC(CSC)C(=O)NC(CCSOC(CSC)C(=O)NC(CCSOC(CSC)C(=O)NC(CCSOC(CSC)C(=O)NC(CCSOC(CSC)C(=O)NC(CCCCNC(=O)OC(C)(C)C)C(=O)OC)C(=O)O)C(=O)OC)C(=O)O)C(=O)OC)C(=O)O)NC(=O)C(O)CSC. The third kappa shape index (κ3) is 51.4. The molecule has 0 spiro atoms. The number of aliphatic carboxylic acids is 3. The predicted molar refractivity (Wildman–Crippen MR) is 469 cm³/mol. The van der Waals surface area contributed by atoms with Crippen molar-refractivity contribution < 1.29 is 141 Å². The van der Waals surface area contributed by atoms with Crippen LogP contribution in [0.25, 0.3) is 0 Å². The molecular weight excluding hydrogens is 1810 g/mol. The number of carboxylic acids is 3. The number of nitrogens with one attached hydrogen (secondary N) is 8. The Hall–Kier alpha value is -3.88. The van der Waals surface area contributed by atoms with E-state index in [1.165, 1.54) is 89.4 Å². The lowest BCUT2D eigenvalue weighted by molar-refractivity contribution is -0.146. The summed E-state index contributed by atoms with van der Waals surface area (Å²) in [7, 11) is 4.53. The first kappa shape index (κ1) is 114. The third-order valence-electron chi connectivity index (χ3n) is 15.0. The minimum atomic E-state index is -1.47. The van der Waals surface area contributed by atoms with Gasteiger partial charge in [0.1, 0.15) is 54.0 Å². The molecule has 12 N–H and O–H groups in total. The number of hydrogen-bond donors (Lipinski definition) is 12.